The number of hydrogen-bond donors (Lipinski definition) is 2. The molecule has 1 aromatic carbocycles. The second kappa shape index (κ2) is 5.40. The lowest BCUT2D eigenvalue weighted by Crippen LogP contribution is -2.15. The second-order valence-corrected chi connectivity index (χ2v) is 6.40. The van der Waals surface area contributed by atoms with Gasteiger partial charge in [0.05, 0.1) is 11.6 Å². The summed E-state index contributed by atoms with van der Waals surface area (Å²) in [5.41, 5.74) is 0. The van der Waals surface area contributed by atoms with E-state index in [0.29, 0.717) is 4.47 Å². The van der Waals surface area contributed by atoms with Gasteiger partial charge in [-0.3, -0.25) is 0 Å². The molecule has 2 N–H and O–H groups in total. The van der Waals surface area contributed by atoms with E-state index in [9.17, 15) is 8.42 Å². The number of ether oxygens (including phenoxy) is 1. The molecule has 6 nitrogen and oxygen atoms in total. The highest BCUT2D eigenvalue weighted by Crippen LogP contribution is 2.35. The number of aromatic amines is 1. The van der Waals surface area contributed by atoms with Gasteiger partial charge in [0, 0.05) is 17.4 Å². The smallest absolute Gasteiger partial charge is 0.267 e. The number of aromatic nitrogens is 2. The van der Waals surface area contributed by atoms with E-state index in [4.69, 9.17) is 16.3 Å². The van der Waals surface area contributed by atoms with Gasteiger partial charge in [0.1, 0.15) is 4.90 Å². The van der Waals surface area contributed by atoms with Gasteiger partial charge in [-0.15, -0.1) is 0 Å². The Morgan fingerprint density at radius 3 is 2.79 bits per heavy atom. The predicted molar refractivity (Wildman–Crippen MR) is 75.1 cm³/mol. The van der Waals surface area contributed by atoms with Gasteiger partial charge in [0.25, 0.3) is 10.0 Å². The van der Waals surface area contributed by atoms with Crippen LogP contribution in [0, 0.1) is 0 Å². The second-order valence-electron chi connectivity index (χ2n) is 3.46. The van der Waals surface area contributed by atoms with Crippen LogP contribution in [0.5, 0.6) is 5.75 Å². The average Bonchev–Trinajstić information content (AvgIpc) is 2.80. The van der Waals surface area contributed by atoms with Gasteiger partial charge in [-0.05, 0) is 28.1 Å². The molecule has 0 fully saturated rings. The van der Waals surface area contributed by atoms with Crippen LogP contribution < -0.4 is 9.46 Å². The van der Waals surface area contributed by atoms with E-state index >= 15 is 0 Å². The first-order chi connectivity index (χ1) is 8.94. The van der Waals surface area contributed by atoms with Gasteiger partial charge in [0.2, 0.25) is 5.95 Å². The summed E-state index contributed by atoms with van der Waals surface area (Å²) in [6, 6.07) is 2.85. The molecular formula is C10H9BrClN3O3S. The molecule has 1 aromatic heterocycles. The van der Waals surface area contributed by atoms with Crippen LogP contribution in [0.2, 0.25) is 5.02 Å². The number of nitrogens with one attached hydrogen (secondary N) is 2. The lowest BCUT2D eigenvalue weighted by molar-refractivity contribution is 0.400. The standard InChI is InChI=1S/C10H9BrClN3O3S/c1-18-9-7(11)4-6(12)5-8(9)19(16,17)15-10-13-2-3-14-10/h2-5H,1H3,(H2,13,14,15). The van der Waals surface area contributed by atoms with Crippen LogP contribution in [-0.2, 0) is 10.0 Å². The van der Waals surface area contributed by atoms with Crippen molar-refractivity contribution in [3.63, 3.8) is 0 Å². The molecule has 0 amide bonds. The summed E-state index contributed by atoms with van der Waals surface area (Å²) in [7, 11) is -2.48. The van der Waals surface area contributed by atoms with Crippen molar-refractivity contribution < 1.29 is 13.2 Å². The molecule has 0 unspecified atom stereocenters. The van der Waals surface area contributed by atoms with Gasteiger partial charge < -0.3 is 9.72 Å². The van der Waals surface area contributed by atoms with Crippen molar-refractivity contribution >= 4 is 43.5 Å². The van der Waals surface area contributed by atoms with Crippen LogP contribution in [0.15, 0.2) is 33.9 Å². The Kier molecular flexibility index (Phi) is 4.02. The minimum absolute atomic E-state index is 0.0780. The summed E-state index contributed by atoms with van der Waals surface area (Å²) in [5, 5.41) is 0.271. The number of halogens is 2. The number of nitrogens with zero attached hydrogens (tertiary/aromatic N) is 1. The van der Waals surface area contributed by atoms with Crippen molar-refractivity contribution in [1.82, 2.24) is 9.97 Å². The van der Waals surface area contributed by atoms with E-state index in [1.165, 1.54) is 25.6 Å². The van der Waals surface area contributed by atoms with Crippen molar-refractivity contribution in [1.29, 1.82) is 0 Å². The number of sulfonamides is 1. The monoisotopic (exact) mass is 365 g/mol. The first-order valence-corrected chi connectivity index (χ1v) is 7.64. The highest BCUT2D eigenvalue weighted by molar-refractivity contribution is 9.10. The van der Waals surface area contributed by atoms with Gasteiger partial charge >= 0.3 is 0 Å². The molecule has 0 spiro atoms. The van der Waals surface area contributed by atoms with Crippen LogP contribution in [0.25, 0.3) is 0 Å². The highest BCUT2D eigenvalue weighted by Gasteiger charge is 2.23. The van der Waals surface area contributed by atoms with E-state index in [2.05, 4.69) is 30.6 Å². The third-order valence-corrected chi connectivity index (χ3v) is 4.35. The van der Waals surface area contributed by atoms with Gasteiger partial charge in [0.15, 0.2) is 5.75 Å². The van der Waals surface area contributed by atoms with E-state index in [0.717, 1.165) is 0 Å². The Balaban J connectivity index is 2.51. The summed E-state index contributed by atoms with van der Waals surface area (Å²) in [6.45, 7) is 0. The third-order valence-electron chi connectivity index (χ3n) is 2.20. The highest BCUT2D eigenvalue weighted by atomic mass is 79.9. The molecule has 9 heteroatoms. The number of rotatable bonds is 4. The topological polar surface area (TPSA) is 84.1 Å². The molecule has 0 aliphatic rings. The molecule has 0 atom stereocenters. The Bertz CT molecular complexity index is 688. The van der Waals surface area contributed by atoms with Crippen molar-refractivity contribution in [3.8, 4) is 5.75 Å². The molecule has 102 valence electrons. The Morgan fingerprint density at radius 2 is 2.21 bits per heavy atom. The lowest BCUT2D eigenvalue weighted by Gasteiger charge is -2.12. The first kappa shape index (κ1) is 14.2. The van der Waals surface area contributed by atoms with Crippen LogP contribution in [0.3, 0.4) is 0 Å². The number of benzene rings is 1. The van der Waals surface area contributed by atoms with Crippen LogP contribution in [0.1, 0.15) is 0 Å². The summed E-state index contributed by atoms with van der Waals surface area (Å²) < 4.78 is 32.3. The maximum absolute atomic E-state index is 12.3. The normalized spacial score (nSPS) is 11.3. The summed E-state index contributed by atoms with van der Waals surface area (Å²) in [4.78, 5) is 6.36. The molecule has 0 radical (unpaired) electrons. The van der Waals surface area contributed by atoms with E-state index in [-0.39, 0.29) is 21.6 Å². The third kappa shape index (κ3) is 3.02. The predicted octanol–water partition coefficient (Wildman–Crippen LogP) is 2.63. The maximum atomic E-state index is 12.3. The molecule has 1 heterocycles. The molecule has 0 aliphatic heterocycles. The Morgan fingerprint density at radius 1 is 1.47 bits per heavy atom. The summed E-state index contributed by atoms with van der Waals surface area (Å²) in [6.07, 6.45) is 2.94. The fourth-order valence-electron chi connectivity index (χ4n) is 1.44. The van der Waals surface area contributed by atoms with Crippen molar-refractivity contribution in [2.75, 3.05) is 11.8 Å². The quantitative estimate of drug-likeness (QED) is 0.871. The van der Waals surface area contributed by atoms with Crippen LogP contribution in [0.4, 0.5) is 5.95 Å². The molecule has 0 aliphatic carbocycles. The molecule has 19 heavy (non-hydrogen) atoms. The summed E-state index contributed by atoms with van der Waals surface area (Å²) in [5.74, 6) is 0.279. The lowest BCUT2D eigenvalue weighted by atomic mass is 10.3. The number of H-pyrrole nitrogens is 1. The number of anilines is 1. The zero-order chi connectivity index (χ0) is 14.0. The van der Waals surface area contributed by atoms with E-state index in [1.807, 2.05) is 0 Å². The zero-order valence-electron chi connectivity index (χ0n) is 9.65. The molecule has 2 aromatic rings. The molecule has 0 saturated carbocycles. The summed E-state index contributed by atoms with van der Waals surface area (Å²) >= 11 is 9.07. The van der Waals surface area contributed by atoms with E-state index < -0.39 is 10.0 Å². The molecule has 0 saturated heterocycles. The fraction of sp³-hybridized carbons (Fsp3) is 0.100. The average molecular weight is 367 g/mol. The van der Waals surface area contributed by atoms with Gasteiger partial charge in [-0.1, -0.05) is 11.6 Å². The van der Waals surface area contributed by atoms with Crippen molar-refractivity contribution in [3.05, 3.63) is 34.0 Å². The molecule has 2 rings (SSSR count). The van der Waals surface area contributed by atoms with Crippen molar-refractivity contribution in [2.24, 2.45) is 0 Å². The Hall–Kier alpha value is -1.25. The molecular weight excluding hydrogens is 358 g/mol. The maximum Gasteiger partial charge on any atom is 0.267 e. The van der Waals surface area contributed by atoms with Gasteiger partial charge in [-0.25, -0.2) is 18.1 Å². The van der Waals surface area contributed by atoms with Crippen LogP contribution in [-0.4, -0.2) is 25.5 Å². The minimum Gasteiger partial charge on any atom is -0.494 e. The van der Waals surface area contributed by atoms with E-state index in [1.54, 1.807) is 6.07 Å². The molecule has 0 bridgehead atoms. The number of methoxy groups -OCH3 is 1. The Labute approximate surface area is 123 Å². The first-order valence-electron chi connectivity index (χ1n) is 4.99. The zero-order valence-corrected chi connectivity index (χ0v) is 12.8. The fourth-order valence-corrected chi connectivity index (χ4v) is 3.80. The minimum atomic E-state index is -3.85. The van der Waals surface area contributed by atoms with Crippen molar-refractivity contribution in [2.45, 2.75) is 4.90 Å². The SMILES string of the molecule is COc1c(Br)cc(Cl)cc1S(=O)(=O)Nc1ncc[nH]1. The van der Waals surface area contributed by atoms with Gasteiger partial charge in [-0.2, -0.15) is 0 Å². The number of hydrogen-bond acceptors (Lipinski definition) is 4. The largest absolute Gasteiger partial charge is 0.494 e. The number of imidazole rings is 1. The van der Waals surface area contributed by atoms with Crippen LogP contribution >= 0.6 is 27.5 Å².